The summed E-state index contributed by atoms with van der Waals surface area (Å²) < 4.78 is 1.92. The number of likely N-dealkylation sites (tertiary alicyclic amines) is 2. The second-order valence-corrected chi connectivity index (χ2v) is 12.2. The van der Waals surface area contributed by atoms with E-state index in [2.05, 4.69) is 50.1 Å². The van der Waals surface area contributed by atoms with E-state index in [1.807, 2.05) is 28.1 Å². The van der Waals surface area contributed by atoms with Gasteiger partial charge in [-0.15, -0.1) is 0 Å². The fourth-order valence-electron chi connectivity index (χ4n) is 5.76. The van der Waals surface area contributed by atoms with Crippen molar-refractivity contribution in [2.24, 2.45) is 5.92 Å². The molecular formula is C28H29Br2ClN3O2+. The van der Waals surface area contributed by atoms with Gasteiger partial charge in [0.05, 0.1) is 17.2 Å². The molecule has 2 saturated heterocycles. The lowest BCUT2D eigenvalue weighted by atomic mass is 9.84. The minimum Gasteiger partial charge on any atom is -0.343 e. The quantitative estimate of drug-likeness (QED) is 0.288. The minimum atomic E-state index is 0.131. The number of rotatable bonds is 3. The third-order valence-electron chi connectivity index (χ3n) is 7.72. The Bertz CT molecular complexity index is 1290. The Morgan fingerprint density at radius 2 is 1.78 bits per heavy atom. The first-order chi connectivity index (χ1) is 17.3. The first-order valence-corrected chi connectivity index (χ1v) is 14.5. The number of hydrogen-bond acceptors (Lipinski definition) is 3. The zero-order valence-corrected chi connectivity index (χ0v) is 24.2. The van der Waals surface area contributed by atoms with E-state index in [9.17, 15) is 9.59 Å². The molecule has 8 heteroatoms. The summed E-state index contributed by atoms with van der Waals surface area (Å²) >= 11 is 13.8. The molecule has 36 heavy (non-hydrogen) atoms. The topological polar surface area (TPSA) is 53.5 Å². The second kappa shape index (κ2) is 10.9. The molecule has 1 aromatic heterocycles. The maximum absolute atomic E-state index is 13.1. The maximum Gasteiger partial charge on any atom is 0.222 e. The van der Waals surface area contributed by atoms with Crippen LogP contribution >= 0.6 is 43.5 Å². The molecule has 0 N–H and O–H groups in total. The van der Waals surface area contributed by atoms with Crippen LogP contribution in [0, 0.1) is 5.92 Å². The Balaban J connectivity index is 1.36. The van der Waals surface area contributed by atoms with Gasteiger partial charge >= 0.3 is 0 Å². The van der Waals surface area contributed by atoms with Crippen molar-refractivity contribution in [3.63, 3.8) is 0 Å². The van der Waals surface area contributed by atoms with Gasteiger partial charge in [-0.3, -0.25) is 9.59 Å². The Kier molecular flexibility index (Phi) is 7.80. The van der Waals surface area contributed by atoms with Crippen LogP contribution in [0.25, 0.3) is 22.0 Å². The van der Waals surface area contributed by atoms with Gasteiger partial charge in [-0.2, -0.15) is 0 Å². The number of aromatic nitrogens is 1. The van der Waals surface area contributed by atoms with E-state index in [1.54, 1.807) is 6.92 Å². The highest BCUT2D eigenvalue weighted by Gasteiger charge is 2.33. The van der Waals surface area contributed by atoms with Gasteiger partial charge in [0, 0.05) is 83.5 Å². The van der Waals surface area contributed by atoms with Crippen LogP contribution in [-0.4, -0.2) is 52.8 Å². The van der Waals surface area contributed by atoms with E-state index in [0.29, 0.717) is 17.4 Å². The average molecular weight is 635 g/mol. The van der Waals surface area contributed by atoms with Crippen molar-refractivity contribution in [2.45, 2.75) is 44.9 Å². The summed E-state index contributed by atoms with van der Waals surface area (Å²) in [7, 11) is 0. The zero-order valence-electron chi connectivity index (χ0n) is 20.3. The molecule has 2 aliphatic carbocycles. The molecular weight excluding hydrogens is 606 g/mol. The smallest absolute Gasteiger partial charge is 0.222 e. The summed E-state index contributed by atoms with van der Waals surface area (Å²) in [6.07, 6.45) is 6.07. The highest BCUT2D eigenvalue weighted by Crippen LogP contribution is 2.44. The summed E-state index contributed by atoms with van der Waals surface area (Å²) in [5.41, 5.74) is 4.45. The molecule has 0 spiro atoms. The summed E-state index contributed by atoms with van der Waals surface area (Å²) in [5, 5.41) is 1.77. The lowest BCUT2D eigenvalue weighted by Gasteiger charge is -2.35. The highest BCUT2D eigenvalue weighted by atomic mass is 79.9. The number of hydrogen-bond donors (Lipinski definition) is 0. The molecule has 0 atom stereocenters. The predicted octanol–water partition coefficient (Wildman–Crippen LogP) is 7.15. The van der Waals surface area contributed by atoms with Crippen molar-refractivity contribution in [1.82, 2.24) is 14.8 Å². The van der Waals surface area contributed by atoms with E-state index in [-0.39, 0.29) is 17.7 Å². The molecule has 2 aliphatic heterocycles. The first kappa shape index (κ1) is 25.8. The maximum atomic E-state index is 13.1. The number of carbonyl (C=O) groups is 2. The van der Waals surface area contributed by atoms with Crippen LogP contribution in [0.2, 0.25) is 5.02 Å². The molecule has 0 radical (unpaired) electrons. The third kappa shape index (κ3) is 5.39. The molecule has 2 fully saturated rings. The SMILES string of the molecule is CC(=O)N1CCC(CC(=O)N2CCC(c3c4[c+](Br)cc(Cl)cc-4ccc4cc(Br)cnc34)CC2)CC1. The molecule has 2 amide bonds. The number of pyridine rings is 1. The molecule has 4 aliphatic rings. The van der Waals surface area contributed by atoms with E-state index in [4.69, 9.17) is 16.6 Å². The summed E-state index contributed by atoms with van der Waals surface area (Å²) in [4.78, 5) is 33.5. The van der Waals surface area contributed by atoms with Crippen molar-refractivity contribution in [1.29, 1.82) is 0 Å². The molecule has 3 heterocycles. The predicted molar refractivity (Wildman–Crippen MR) is 151 cm³/mol. The average Bonchev–Trinajstić information content (AvgIpc) is 3.01. The van der Waals surface area contributed by atoms with Gasteiger partial charge in [-0.05, 0) is 77.3 Å². The van der Waals surface area contributed by atoms with E-state index in [0.717, 1.165) is 82.8 Å². The molecule has 5 rings (SSSR count). The fraction of sp³-hybridized carbons (Fsp3) is 0.429. The number of carbonyl (C=O) groups excluding carboxylic acids is 2. The van der Waals surface area contributed by atoms with E-state index >= 15 is 0 Å². The van der Waals surface area contributed by atoms with Crippen molar-refractivity contribution in [3.05, 3.63) is 56.1 Å². The van der Waals surface area contributed by atoms with Crippen LogP contribution in [0.3, 0.4) is 0 Å². The molecule has 0 bridgehead atoms. The molecule has 1 aromatic rings. The van der Waals surface area contributed by atoms with Crippen LogP contribution < -0.4 is 0 Å². The monoisotopic (exact) mass is 632 g/mol. The van der Waals surface area contributed by atoms with Gasteiger partial charge in [0.15, 0.2) is 0 Å². The van der Waals surface area contributed by atoms with Crippen molar-refractivity contribution >= 4 is 66.2 Å². The van der Waals surface area contributed by atoms with Crippen LogP contribution in [0.4, 0.5) is 0 Å². The Morgan fingerprint density at radius 1 is 1.08 bits per heavy atom. The van der Waals surface area contributed by atoms with Gasteiger partial charge in [-0.1, -0.05) is 0 Å². The number of fused-ring (bicyclic) bond motifs is 2. The van der Waals surface area contributed by atoms with Gasteiger partial charge < -0.3 is 9.80 Å². The lowest BCUT2D eigenvalue weighted by Crippen LogP contribution is -2.41. The van der Waals surface area contributed by atoms with Gasteiger partial charge in [0.2, 0.25) is 11.8 Å². The molecule has 188 valence electrons. The highest BCUT2D eigenvalue weighted by molar-refractivity contribution is 9.10. The van der Waals surface area contributed by atoms with Crippen LogP contribution in [-0.2, 0) is 9.59 Å². The third-order valence-corrected chi connectivity index (χ3v) is 8.99. The first-order valence-electron chi connectivity index (χ1n) is 12.5. The second-order valence-electron chi connectivity index (χ2n) is 10.00. The Morgan fingerprint density at radius 3 is 2.47 bits per heavy atom. The Labute approximate surface area is 233 Å². The number of piperidine rings is 2. The molecule has 0 aromatic carbocycles. The van der Waals surface area contributed by atoms with Crippen molar-refractivity contribution < 1.29 is 9.59 Å². The van der Waals surface area contributed by atoms with Crippen molar-refractivity contribution in [2.75, 3.05) is 26.2 Å². The normalized spacial score (nSPS) is 17.7. The lowest BCUT2D eigenvalue weighted by molar-refractivity contribution is -0.134. The largest absolute Gasteiger partial charge is 0.343 e. The molecule has 5 nitrogen and oxygen atoms in total. The summed E-state index contributed by atoms with van der Waals surface area (Å²) in [5.74, 6) is 1.04. The van der Waals surface area contributed by atoms with Gasteiger partial charge in [-0.25, -0.2) is 4.98 Å². The van der Waals surface area contributed by atoms with Crippen LogP contribution in [0.1, 0.15) is 50.5 Å². The zero-order chi connectivity index (χ0) is 25.4. The van der Waals surface area contributed by atoms with Gasteiger partial charge in [0.25, 0.3) is 0 Å². The standard InChI is InChI=1S/C28H29Br2ClN3O2/c1-17(35)33-8-4-18(5-9-33)12-25(36)34-10-6-19(7-11-34)27-26-20(14-23(31)15-24(26)30)2-3-21-13-22(29)16-32-28(21)27/h2-3,13-16,18-19H,4-12H2,1H3/q+1. The summed E-state index contributed by atoms with van der Waals surface area (Å²) in [6.45, 7) is 4.65. The number of halogens is 3. The number of amides is 2. The molecule has 0 saturated carbocycles. The number of benzene rings is 1. The summed E-state index contributed by atoms with van der Waals surface area (Å²) in [6, 6.07) is 10.3. The van der Waals surface area contributed by atoms with Crippen LogP contribution in [0.15, 0.2) is 45.5 Å². The van der Waals surface area contributed by atoms with E-state index < -0.39 is 0 Å². The Hall–Kier alpha value is -1.83. The fourth-order valence-corrected chi connectivity index (χ4v) is 7.15. The van der Waals surface area contributed by atoms with Gasteiger partial charge in [0.1, 0.15) is 20.6 Å². The van der Waals surface area contributed by atoms with Crippen molar-refractivity contribution in [3.8, 4) is 11.1 Å². The number of nitrogens with zero attached hydrogens (tertiary/aromatic N) is 3. The minimum absolute atomic E-state index is 0.131. The van der Waals surface area contributed by atoms with E-state index in [1.165, 1.54) is 5.56 Å². The van der Waals surface area contributed by atoms with Crippen LogP contribution in [0.5, 0.6) is 0 Å². The molecule has 0 unspecified atom stereocenters.